The van der Waals surface area contributed by atoms with Gasteiger partial charge in [-0.1, -0.05) is 32.1 Å². The van der Waals surface area contributed by atoms with Crippen LogP contribution in [0.2, 0.25) is 0 Å². The van der Waals surface area contributed by atoms with E-state index in [1.54, 1.807) is 6.92 Å². The van der Waals surface area contributed by atoms with Crippen molar-refractivity contribution in [3.8, 4) is 5.75 Å². The highest BCUT2D eigenvalue weighted by atomic mass is 16.6. The summed E-state index contributed by atoms with van der Waals surface area (Å²) in [6, 6.07) is 2.71. The first-order valence-corrected chi connectivity index (χ1v) is 9.19. The van der Waals surface area contributed by atoms with E-state index in [1.165, 1.54) is 38.5 Å². The molecule has 8 heteroatoms. The largest absolute Gasteiger partial charge is 0.490 e. The number of methoxy groups -OCH3 is 1. The summed E-state index contributed by atoms with van der Waals surface area (Å²) in [5.41, 5.74) is 0.710. The van der Waals surface area contributed by atoms with Crippen molar-refractivity contribution in [3.05, 3.63) is 27.8 Å². The molecule has 1 amide bonds. The Kier molecular flexibility index (Phi) is 7.57. The number of nitrogens with zero attached hydrogens (tertiary/aromatic N) is 1. The van der Waals surface area contributed by atoms with Crippen LogP contribution in [0.5, 0.6) is 5.75 Å². The molecule has 0 unspecified atom stereocenters. The fraction of sp³-hybridized carbons (Fsp3) is 0.579. The molecule has 1 aliphatic rings. The monoisotopic (exact) mass is 378 g/mol. The van der Waals surface area contributed by atoms with Crippen LogP contribution in [0.25, 0.3) is 0 Å². The second-order valence-electron chi connectivity index (χ2n) is 6.85. The van der Waals surface area contributed by atoms with Gasteiger partial charge in [0.1, 0.15) is 0 Å². The Morgan fingerprint density at radius 1 is 1.26 bits per heavy atom. The number of rotatable bonds is 8. The van der Waals surface area contributed by atoms with Crippen molar-refractivity contribution >= 4 is 23.3 Å². The highest BCUT2D eigenvalue weighted by Gasteiger charge is 2.19. The molecule has 1 fully saturated rings. The highest BCUT2D eigenvalue weighted by molar-refractivity contribution is 5.94. The lowest BCUT2D eigenvalue weighted by molar-refractivity contribution is -0.385. The molecule has 1 N–H and O–H groups in total. The van der Waals surface area contributed by atoms with Crippen molar-refractivity contribution < 1.29 is 24.0 Å². The van der Waals surface area contributed by atoms with E-state index in [4.69, 9.17) is 9.47 Å². The molecule has 0 bridgehead atoms. The van der Waals surface area contributed by atoms with Gasteiger partial charge in [-0.2, -0.15) is 0 Å². The third kappa shape index (κ3) is 6.23. The molecule has 1 aliphatic carbocycles. The molecule has 0 radical (unpaired) electrons. The number of amides is 1. The van der Waals surface area contributed by atoms with Crippen molar-refractivity contribution in [2.45, 2.75) is 51.9 Å². The van der Waals surface area contributed by atoms with Gasteiger partial charge in [0, 0.05) is 24.2 Å². The van der Waals surface area contributed by atoms with Crippen LogP contribution in [0.3, 0.4) is 0 Å². The average molecular weight is 378 g/mol. The average Bonchev–Trinajstić information content (AvgIpc) is 2.66. The lowest BCUT2D eigenvalue weighted by Gasteiger charge is -2.20. The fourth-order valence-electron chi connectivity index (χ4n) is 3.32. The topological polar surface area (TPSA) is 108 Å². The van der Waals surface area contributed by atoms with E-state index in [1.807, 2.05) is 0 Å². The molecule has 1 saturated carbocycles. The number of nitro groups is 1. The van der Waals surface area contributed by atoms with Crippen molar-refractivity contribution in [3.63, 3.8) is 0 Å². The zero-order valence-corrected chi connectivity index (χ0v) is 15.8. The minimum absolute atomic E-state index is 0.0466. The van der Waals surface area contributed by atoms with Crippen LogP contribution in [0, 0.1) is 23.0 Å². The molecular weight excluding hydrogens is 352 g/mol. The molecule has 27 heavy (non-hydrogen) atoms. The van der Waals surface area contributed by atoms with Gasteiger partial charge in [0.05, 0.1) is 12.0 Å². The molecule has 1 aromatic carbocycles. The van der Waals surface area contributed by atoms with Crippen LogP contribution in [0.15, 0.2) is 12.1 Å². The van der Waals surface area contributed by atoms with Crippen LogP contribution in [0.1, 0.15) is 50.5 Å². The SMILES string of the molecule is COc1cc(NC(=O)COC(=O)CCC2CCCCC2)c(C)cc1[N+](=O)[O-]. The lowest BCUT2D eigenvalue weighted by Crippen LogP contribution is -2.21. The molecule has 0 atom stereocenters. The van der Waals surface area contributed by atoms with E-state index in [2.05, 4.69) is 5.32 Å². The molecule has 0 saturated heterocycles. The van der Waals surface area contributed by atoms with Crippen molar-refractivity contribution in [1.82, 2.24) is 0 Å². The van der Waals surface area contributed by atoms with Crippen LogP contribution < -0.4 is 10.1 Å². The highest BCUT2D eigenvalue weighted by Crippen LogP contribution is 2.32. The van der Waals surface area contributed by atoms with Gasteiger partial charge >= 0.3 is 11.7 Å². The maximum atomic E-state index is 12.0. The minimum Gasteiger partial charge on any atom is -0.490 e. The summed E-state index contributed by atoms with van der Waals surface area (Å²) >= 11 is 0. The van der Waals surface area contributed by atoms with E-state index in [9.17, 15) is 19.7 Å². The summed E-state index contributed by atoms with van der Waals surface area (Å²) in [7, 11) is 1.32. The minimum atomic E-state index is -0.550. The molecule has 0 spiro atoms. The molecule has 0 aromatic heterocycles. The predicted molar refractivity (Wildman–Crippen MR) is 99.8 cm³/mol. The van der Waals surface area contributed by atoms with Crippen molar-refractivity contribution in [2.75, 3.05) is 19.0 Å². The van der Waals surface area contributed by atoms with Gasteiger partial charge in [-0.05, 0) is 24.8 Å². The van der Waals surface area contributed by atoms with Gasteiger partial charge in [-0.3, -0.25) is 19.7 Å². The first kappa shape index (κ1) is 20.7. The Morgan fingerprint density at radius 3 is 2.59 bits per heavy atom. The molecule has 1 aromatic rings. The standard InChI is InChI=1S/C19H26N2O6/c1-13-10-16(21(24)25)17(26-2)11-15(13)20-18(22)12-27-19(23)9-8-14-6-4-3-5-7-14/h10-11,14H,3-9,12H2,1-2H3,(H,20,22). The van der Waals surface area contributed by atoms with E-state index < -0.39 is 10.8 Å². The predicted octanol–water partition coefficient (Wildman–Crippen LogP) is 3.75. The van der Waals surface area contributed by atoms with Crippen molar-refractivity contribution in [2.24, 2.45) is 5.92 Å². The van der Waals surface area contributed by atoms with Crippen LogP contribution in [-0.4, -0.2) is 30.5 Å². The molecule has 0 heterocycles. The fourth-order valence-corrected chi connectivity index (χ4v) is 3.32. The number of carbonyl (C=O) groups excluding carboxylic acids is 2. The maximum absolute atomic E-state index is 12.0. The number of hydrogen-bond acceptors (Lipinski definition) is 6. The molecule has 2 rings (SSSR count). The summed E-state index contributed by atoms with van der Waals surface area (Å²) in [5.74, 6) is -0.255. The molecular formula is C19H26N2O6. The van der Waals surface area contributed by atoms with E-state index in [0.717, 1.165) is 19.3 Å². The second-order valence-corrected chi connectivity index (χ2v) is 6.85. The third-order valence-corrected chi connectivity index (χ3v) is 4.84. The first-order valence-electron chi connectivity index (χ1n) is 9.19. The number of nitro benzene ring substituents is 1. The summed E-state index contributed by atoms with van der Waals surface area (Å²) in [6.45, 7) is 1.25. The Bertz CT molecular complexity index is 698. The summed E-state index contributed by atoms with van der Waals surface area (Å²) in [6.07, 6.45) is 7.17. The number of ether oxygens (including phenoxy) is 2. The lowest BCUT2D eigenvalue weighted by atomic mass is 9.86. The van der Waals surface area contributed by atoms with Crippen LogP contribution >= 0.6 is 0 Å². The number of anilines is 1. The number of aryl methyl sites for hydroxylation is 1. The van der Waals surface area contributed by atoms with Gasteiger partial charge in [-0.15, -0.1) is 0 Å². The van der Waals surface area contributed by atoms with E-state index in [0.29, 0.717) is 23.6 Å². The summed E-state index contributed by atoms with van der Waals surface area (Å²) < 4.78 is 10.0. The number of esters is 1. The van der Waals surface area contributed by atoms with Gasteiger partial charge in [0.2, 0.25) is 0 Å². The summed E-state index contributed by atoms with van der Waals surface area (Å²) in [4.78, 5) is 34.3. The molecule has 8 nitrogen and oxygen atoms in total. The van der Waals surface area contributed by atoms with Crippen molar-refractivity contribution in [1.29, 1.82) is 0 Å². The quantitative estimate of drug-likeness (QED) is 0.419. The Morgan fingerprint density at radius 2 is 1.96 bits per heavy atom. The smallest absolute Gasteiger partial charge is 0.311 e. The van der Waals surface area contributed by atoms with Gasteiger partial charge in [0.25, 0.3) is 5.91 Å². The zero-order chi connectivity index (χ0) is 19.8. The Hall–Kier alpha value is -2.64. The maximum Gasteiger partial charge on any atom is 0.311 e. The van der Waals surface area contributed by atoms with Gasteiger partial charge in [-0.25, -0.2) is 0 Å². The third-order valence-electron chi connectivity index (χ3n) is 4.84. The first-order chi connectivity index (χ1) is 12.9. The Labute approximate surface area is 158 Å². The number of nitrogens with one attached hydrogen (secondary N) is 1. The van der Waals surface area contributed by atoms with Crippen LogP contribution in [0.4, 0.5) is 11.4 Å². The van der Waals surface area contributed by atoms with Crippen LogP contribution in [-0.2, 0) is 14.3 Å². The number of hydrogen-bond donors (Lipinski definition) is 1. The zero-order valence-electron chi connectivity index (χ0n) is 15.8. The van der Waals surface area contributed by atoms with E-state index >= 15 is 0 Å². The molecule has 0 aliphatic heterocycles. The normalized spacial score (nSPS) is 14.4. The molecule has 148 valence electrons. The van der Waals surface area contributed by atoms with E-state index in [-0.39, 0.29) is 24.0 Å². The van der Waals surface area contributed by atoms with Gasteiger partial charge < -0.3 is 14.8 Å². The number of benzene rings is 1. The second kappa shape index (κ2) is 9.89. The van der Waals surface area contributed by atoms with Gasteiger partial charge in [0.15, 0.2) is 12.4 Å². The Balaban J connectivity index is 1.82. The number of carbonyl (C=O) groups is 2. The summed E-state index contributed by atoms with van der Waals surface area (Å²) in [5, 5.41) is 13.6.